The van der Waals surface area contributed by atoms with E-state index in [1.165, 1.54) is 0 Å². The van der Waals surface area contributed by atoms with E-state index in [9.17, 15) is 0 Å². The summed E-state index contributed by atoms with van der Waals surface area (Å²) in [6, 6.07) is 11.5. The minimum Gasteiger partial charge on any atom is -0.384 e. The lowest BCUT2D eigenvalue weighted by molar-refractivity contribution is 0.768. The molecule has 0 saturated carbocycles. The van der Waals surface area contributed by atoms with Crippen LogP contribution in [0.2, 0.25) is 0 Å². The lowest BCUT2D eigenvalue weighted by Crippen LogP contribution is -1.97. The minimum absolute atomic E-state index is 0.452. The van der Waals surface area contributed by atoms with Crippen LogP contribution in [0.25, 0.3) is 22.6 Å². The van der Waals surface area contributed by atoms with E-state index in [-0.39, 0.29) is 0 Å². The molecule has 0 unspecified atom stereocenters. The molecular formula is C14H13N5. The van der Waals surface area contributed by atoms with E-state index in [1.807, 2.05) is 43.6 Å². The molecule has 0 bridgehead atoms. The Kier molecular flexibility index (Phi) is 2.72. The Hall–Kier alpha value is -2.69. The summed E-state index contributed by atoms with van der Waals surface area (Å²) < 4.78 is 1.73. The van der Waals surface area contributed by atoms with Crippen LogP contribution in [0.3, 0.4) is 0 Å². The zero-order valence-corrected chi connectivity index (χ0v) is 10.5. The maximum absolute atomic E-state index is 5.86. The number of hydrogen-bond donors (Lipinski definition) is 1. The standard InChI is InChI=1S/C14H13N5/c1-19-9-11(8-16-19)12-7-13(15)18-14(17-12)10-5-3-2-4-6-10/h2-9H,1H3,(H2,15,17,18). The summed E-state index contributed by atoms with van der Waals surface area (Å²) in [7, 11) is 1.87. The minimum atomic E-state index is 0.452. The van der Waals surface area contributed by atoms with Crippen LogP contribution in [0.1, 0.15) is 0 Å². The molecule has 94 valence electrons. The maximum atomic E-state index is 5.86. The van der Waals surface area contributed by atoms with E-state index < -0.39 is 0 Å². The molecule has 19 heavy (non-hydrogen) atoms. The summed E-state index contributed by atoms with van der Waals surface area (Å²) >= 11 is 0. The number of aryl methyl sites for hydroxylation is 1. The first kappa shape index (κ1) is 11.4. The van der Waals surface area contributed by atoms with Gasteiger partial charge in [-0.05, 0) is 0 Å². The van der Waals surface area contributed by atoms with E-state index in [0.29, 0.717) is 11.6 Å². The summed E-state index contributed by atoms with van der Waals surface area (Å²) in [5, 5.41) is 4.14. The molecule has 0 spiro atoms. The van der Waals surface area contributed by atoms with Gasteiger partial charge >= 0.3 is 0 Å². The van der Waals surface area contributed by atoms with E-state index in [1.54, 1.807) is 16.9 Å². The molecule has 0 aliphatic rings. The van der Waals surface area contributed by atoms with Gasteiger partial charge in [0, 0.05) is 30.4 Å². The molecule has 0 saturated heterocycles. The first-order valence-corrected chi connectivity index (χ1v) is 5.91. The molecule has 2 aromatic heterocycles. The van der Waals surface area contributed by atoms with Crippen molar-refractivity contribution < 1.29 is 0 Å². The zero-order valence-electron chi connectivity index (χ0n) is 10.5. The number of rotatable bonds is 2. The molecule has 0 atom stereocenters. The van der Waals surface area contributed by atoms with Crippen molar-refractivity contribution in [2.75, 3.05) is 5.73 Å². The Labute approximate surface area is 110 Å². The van der Waals surface area contributed by atoms with E-state index in [2.05, 4.69) is 15.1 Å². The second-order valence-corrected chi connectivity index (χ2v) is 4.27. The number of benzene rings is 1. The summed E-state index contributed by atoms with van der Waals surface area (Å²) in [5.41, 5.74) is 8.51. The number of aromatic nitrogens is 4. The number of anilines is 1. The van der Waals surface area contributed by atoms with Crippen molar-refractivity contribution in [1.82, 2.24) is 19.7 Å². The van der Waals surface area contributed by atoms with Gasteiger partial charge in [0.2, 0.25) is 0 Å². The Morgan fingerprint density at radius 3 is 2.53 bits per heavy atom. The predicted molar refractivity (Wildman–Crippen MR) is 74.1 cm³/mol. The maximum Gasteiger partial charge on any atom is 0.162 e. The van der Waals surface area contributed by atoms with Gasteiger partial charge in [0.05, 0.1) is 11.9 Å². The third-order valence-electron chi connectivity index (χ3n) is 2.78. The second kappa shape index (κ2) is 4.53. The molecular weight excluding hydrogens is 238 g/mol. The zero-order chi connectivity index (χ0) is 13.2. The molecule has 0 fully saturated rings. The Morgan fingerprint density at radius 2 is 1.84 bits per heavy atom. The lowest BCUT2D eigenvalue weighted by Gasteiger charge is -2.04. The molecule has 3 rings (SSSR count). The van der Waals surface area contributed by atoms with Crippen LogP contribution in [0.4, 0.5) is 5.82 Å². The molecule has 0 radical (unpaired) electrons. The molecule has 5 heteroatoms. The molecule has 1 aromatic carbocycles. The summed E-state index contributed by atoms with van der Waals surface area (Å²) in [6.45, 7) is 0. The van der Waals surface area contributed by atoms with Gasteiger partial charge in [0.15, 0.2) is 5.82 Å². The first-order chi connectivity index (χ1) is 9.22. The fourth-order valence-electron chi connectivity index (χ4n) is 1.88. The molecule has 0 aliphatic heterocycles. The average molecular weight is 251 g/mol. The normalized spacial score (nSPS) is 10.6. The van der Waals surface area contributed by atoms with Crippen LogP contribution in [-0.2, 0) is 7.05 Å². The highest BCUT2D eigenvalue weighted by Gasteiger charge is 2.08. The van der Waals surface area contributed by atoms with Gasteiger partial charge in [-0.15, -0.1) is 0 Å². The molecule has 3 aromatic rings. The van der Waals surface area contributed by atoms with Crippen LogP contribution in [0.15, 0.2) is 48.8 Å². The third kappa shape index (κ3) is 2.30. The Bertz CT molecular complexity index is 703. The van der Waals surface area contributed by atoms with Gasteiger partial charge in [-0.2, -0.15) is 5.10 Å². The number of nitrogens with two attached hydrogens (primary N) is 1. The van der Waals surface area contributed by atoms with Crippen molar-refractivity contribution in [3.05, 3.63) is 48.8 Å². The van der Waals surface area contributed by atoms with Gasteiger partial charge in [-0.25, -0.2) is 9.97 Å². The quantitative estimate of drug-likeness (QED) is 0.757. The fraction of sp³-hybridized carbons (Fsp3) is 0.0714. The predicted octanol–water partition coefficient (Wildman–Crippen LogP) is 2.13. The second-order valence-electron chi connectivity index (χ2n) is 4.27. The summed E-state index contributed by atoms with van der Waals surface area (Å²) in [6.07, 6.45) is 3.66. The number of hydrogen-bond acceptors (Lipinski definition) is 4. The smallest absolute Gasteiger partial charge is 0.162 e. The molecule has 2 heterocycles. The van der Waals surface area contributed by atoms with Crippen LogP contribution in [0.5, 0.6) is 0 Å². The van der Waals surface area contributed by atoms with Gasteiger partial charge in [0.1, 0.15) is 5.82 Å². The first-order valence-electron chi connectivity index (χ1n) is 5.91. The van der Waals surface area contributed by atoms with Crippen molar-refractivity contribution in [3.63, 3.8) is 0 Å². The fourth-order valence-corrected chi connectivity index (χ4v) is 1.88. The lowest BCUT2D eigenvalue weighted by atomic mass is 10.2. The monoisotopic (exact) mass is 251 g/mol. The highest BCUT2D eigenvalue weighted by Crippen LogP contribution is 2.22. The van der Waals surface area contributed by atoms with Gasteiger partial charge in [-0.3, -0.25) is 4.68 Å². The summed E-state index contributed by atoms with van der Waals surface area (Å²) in [5.74, 6) is 1.08. The highest BCUT2D eigenvalue weighted by atomic mass is 15.2. The van der Waals surface area contributed by atoms with Crippen LogP contribution < -0.4 is 5.73 Å². The van der Waals surface area contributed by atoms with Crippen molar-refractivity contribution >= 4 is 5.82 Å². The van der Waals surface area contributed by atoms with Crippen LogP contribution >= 0.6 is 0 Å². The van der Waals surface area contributed by atoms with Crippen LogP contribution in [0, 0.1) is 0 Å². The van der Waals surface area contributed by atoms with Gasteiger partial charge in [-0.1, -0.05) is 30.3 Å². The van der Waals surface area contributed by atoms with Crippen molar-refractivity contribution in [3.8, 4) is 22.6 Å². The van der Waals surface area contributed by atoms with Gasteiger partial charge in [0.25, 0.3) is 0 Å². The van der Waals surface area contributed by atoms with Crippen molar-refractivity contribution in [1.29, 1.82) is 0 Å². The Balaban J connectivity index is 2.11. The SMILES string of the molecule is Cn1cc(-c2cc(N)nc(-c3ccccc3)n2)cn1. The third-order valence-corrected chi connectivity index (χ3v) is 2.78. The van der Waals surface area contributed by atoms with Crippen molar-refractivity contribution in [2.24, 2.45) is 7.05 Å². The van der Waals surface area contributed by atoms with E-state index in [4.69, 9.17) is 5.73 Å². The largest absolute Gasteiger partial charge is 0.384 e. The van der Waals surface area contributed by atoms with Crippen LogP contribution in [-0.4, -0.2) is 19.7 Å². The van der Waals surface area contributed by atoms with E-state index >= 15 is 0 Å². The molecule has 5 nitrogen and oxygen atoms in total. The topological polar surface area (TPSA) is 69.6 Å². The molecule has 2 N–H and O–H groups in total. The highest BCUT2D eigenvalue weighted by molar-refractivity contribution is 5.65. The Morgan fingerprint density at radius 1 is 1.05 bits per heavy atom. The van der Waals surface area contributed by atoms with E-state index in [0.717, 1.165) is 16.8 Å². The van der Waals surface area contributed by atoms with Gasteiger partial charge < -0.3 is 5.73 Å². The van der Waals surface area contributed by atoms with Crippen molar-refractivity contribution in [2.45, 2.75) is 0 Å². The number of nitrogens with zero attached hydrogens (tertiary/aromatic N) is 4. The molecule has 0 aliphatic carbocycles. The molecule has 0 amide bonds. The number of nitrogen functional groups attached to an aromatic ring is 1. The summed E-state index contributed by atoms with van der Waals surface area (Å²) in [4.78, 5) is 8.82. The average Bonchev–Trinajstić information content (AvgIpc) is 2.86.